The largest absolute Gasteiger partial charge is 0.333 e. The maximum absolute atomic E-state index is 12.4. The van der Waals surface area contributed by atoms with Gasteiger partial charge in [-0.25, -0.2) is 9.67 Å². The summed E-state index contributed by atoms with van der Waals surface area (Å²) in [6, 6.07) is 5.69. The second-order valence-corrected chi connectivity index (χ2v) is 4.41. The number of halogens is 2. The van der Waals surface area contributed by atoms with Crippen LogP contribution in [0, 0.1) is 0 Å². The number of hydrogen-bond donors (Lipinski definition) is 0. The van der Waals surface area contributed by atoms with Crippen LogP contribution in [0.5, 0.6) is 0 Å². The minimum atomic E-state index is -2.60. The van der Waals surface area contributed by atoms with E-state index in [0.717, 1.165) is 15.8 Å². The number of nitrogens with zero attached hydrogens (tertiary/aromatic N) is 3. The Labute approximate surface area is 99.3 Å². The fourth-order valence-corrected chi connectivity index (χ4v) is 2.29. The zero-order valence-corrected chi connectivity index (χ0v) is 9.36. The van der Waals surface area contributed by atoms with E-state index in [9.17, 15) is 8.78 Å². The molecule has 17 heavy (non-hydrogen) atoms. The van der Waals surface area contributed by atoms with Gasteiger partial charge in [0, 0.05) is 11.8 Å². The van der Waals surface area contributed by atoms with Crippen LogP contribution in [0.15, 0.2) is 36.1 Å². The van der Waals surface area contributed by atoms with Crippen LogP contribution < -0.4 is 0 Å². The van der Waals surface area contributed by atoms with Crippen molar-refractivity contribution < 1.29 is 8.78 Å². The maximum Gasteiger partial charge on any atom is 0.333 e. The molecule has 0 saturated heterocycles. The van der Waals surface area contributed by atoms with Gasteiger partial charge < -0.3 is 0 Å². The highest BCUT2D eigenvalue weighted by Crippen LogP contribution is 2.26. The Kier molecular flexibility index (Phi) is 2.36. The second-order valence-electron chi connectivity index (χ2n) is 3.52. The Balaban J connectivity index is 2.06. The Bertz CT molecular complexity index is 659. The molecule has 1 aromatic carbocycles. The van der Waals surface area contributed by atoms with Gasteiger partial charge in [0.15, 0.2) is 0 Å². The van der Waals surface area contributed by atoms with Crippen molar-refractivity contribution in [3.05, 3.63) is 36.1 Å². The van der Waals surface area contributed by atoms with E-state index in [2.05, 4.69) is 10.1 Å². The molecule has 0 aliphatic rings. The molecule has 3 rings (SSSR count). The normalized spacial score (nSPS) is 11.5. The monoisotopic (exact) mass is 251 g/mol. The van der Waals surface area contributed by atoms with Gasteiger partial charge >= 0.3 is 6.55 Å². The van der Waals surface area contributed by atoms with Crippen LogP contribution in [0.4, 0.5) is 8.78 Å². The predicted molar refractivity (Wildman–Crippen MR) is 62.1 cm³/mol. The van der Waals surface area contributed by atoms with Gasteiger partial charge in [0.1, 0.15) is 0 Å². The van der Waals surface area contributed by atoms with Crippen molar-refractivity contribution in [2.24, 2.45) is 0 Å². The first-order valence-corrected chi connectivity index (χ1v) is 5.78. The number of thiazole rings is 1. The van der Waals surface area contributed by atoms with E-state index in [1.54, 1.807) is 16.8 Å². The molecule has 0 unspecified atom stereocenters. The molecule has 86 valence electrons. The molecule has 0 N–H and O–H groups in total. The first-order chi connectivity index (χ1) is 8.24. The molecule has 2 heterocycles. The lowest BCUT2D eigenvalue weighted by Gasteiger charge is -1.97. The lowest BCUT2D eigenvalue weighted by atomic mass is 10.1. The van der Waals surface area contributed by atoms with Gasteiger partial charge in [-0.05, 0) is 17.7 Å². The van der Waals surface area contributed by atoms with Crippen LogP contribution >= 0.6 is 11.3 Å². The molecule has 0 aliphatic carbocycles. The standard InChI is InChI=1S/C11H7F2N3S/c12-11(13)16-5-8(4-15-16)7-1-2-10-9(3-7)14-6-17-10/h1-6,11H. The number of aromatic nitrogens is 3. The summed E-state index contributed by atoms with van der Waals surface area (Å²) < 4.78 is 26.5. The van der Waals surface area contributed by atoms with Crippen LogP contribution in [0.3, 0.4) is 0 Å². The van der Waals surface area contributed by atoms with Crippen molar-refractivity contribution in [1.82, 2.24) is 14.8 Å². The van der Waals surface area contributed by atoms with Gasteiger partial charge in [0.25, 0.3) is 0 Å². The average molecular weight is 251 g/mol. The third-order valence-electron chi connectivity index (χ3n) is 2.47. The topological polar surface area (TPSA) is 30.7 Å². The summed E-state index contributed by atoms with van der Waals surface area (Å²) in [6.45, 7) is -2.60. The van der Waals surface area contributed by atoms with Crippen molar-refractivity contribution in [3.63, 3.8) is 0 Å². The fourth-order valence-electron chi connectivity index (χ4n) is 1.63. The van der Waals surface area contributed by atoms with Gasteiger partial charge in [0.2, 0.25) is 0 Å². The van der Waals surface area contributed by atoms with Crippen molar-refractivity contribution in [3.8, 4) is 11.1 Å². The summed E-state index contributed by atoms with van der Waals surface area (Å²) in [7, 11) is 0. The molecule has 0 radical (unpaired) electrons. The van der Waals surface area contributed by atoms with Crippen molar-refractivity contribution >= 4 is 21.6 Å². The highest BCUT2D eigenvalue weighted by atomic mass is 32.1. The first kappa shape index (κ1) is 10.3. The summed E-state index contributed by atoms with van der Waals surface area (Å²) in [4.78, 5) is 4.19. The Morgan fingerprint density at radius 2 is 2.12 bits per heavy atom. The van der Waals surface area contributed by atoms with Crippen molar-refractivity contribution in [2.75, 3.05) is 0 Å². The third-order valence-corrected chi connectivity index (χ3v) is 3.28. The minimum Gasteiger partial charge on any atom is -0.245 e. The molecule has 3 nitrogen and oxygen atoms in total. The van der Waals surface area contributed by atoms with Crippen LogP contribution in [0.1, 0.15) is 6.55 Å². The average Bonchev–Trinajstić information content (AvgIpc) is 2.97. The first-order valence-electron chi connectivity index (χ1n) is 4.90. The smallest absolute Gasteiger partial charge is 0.245 e. The molecule has 0 fully saturated rings. The van der Waals surface area contributed by atoms with E-state index < -0.39 is 6.55 Å². The van der Waals surface area contributed by atoms with Crippen LogP contribution in [0.2, 0.25) is 0 Å². The molecule has 0 spiro atoms. The molecule has 0 atom stereocenters. The molecule has 0 saturated carbocycles. The van der Waals surface area contributed by atoms with E-state index in [1.807, 2.05) is 18.2 Å². The van der Waals surface area contributed by atoms with E-state index in [-0.39, 0.29) is 0 Å². The molecular formula is C11H7F2N3S. The molecule has 0 bridgehead atoms. The summed E-state index contributed by atoms with van der Waals surface area (Å²) in [5.74, 6) is 0. The fraction of sp³-hybridized carbons (Fsp3) is 0.0909. The van der Waals surface area contributed by atoms with Crippen LogP contribution in [-0.4, -0.2) is 14.8 Å². The number of alkyl halides is 2. The van der Waals surface area contributed by atoms with E-state index >= 15 is 0 Å². The Hall–Kier alpha value is -1.82. The highest BCUT2D eigenvalue weighted by Gasteiger charge is 2.09. The number of fused-ring (bicyclic) bond motifs is 1. The quantitative estimate of drug-likeness (QED) is 0.697. The molecule has 0 amide bonds. The summed E-state index contributed by atoms with van der Waals surface area (Å²) in [5, 5.41) is 3.61. The lowest BCUT2D eigenvalue weighted by Crippen LogP contribution is -1.96. The minimum absolute atomic E-state index is 0.639. The van der Waals surface area contributed by atoms with Gasteiger partial charge in [-0.3, -0.25) is 0 Å². The van der Waals surface area contributed by atoms with Crippen LogP contribution in [-0.2, 0) is 0 Å². The van der Waals surface area contributed by atoms with E-state index in [4.69, 9.17) is 0 Å². The number of hydrogen-bond acceptors (Lipinski definition) is 3. The number of rotatable bonds is 2. The van der Waals surface area contributed by atoms with E-state index in [0.29, 0.717) is 10.2 Å². The molecule has 0 aliphatic heterocycles. The van der Waals surface area contributed by atoms with Crippen molar-refractivity contribution in [2.45, 2.75) is 6.55 Å². The SMILES string of the molecule is FC(F)n1cc(-c2ccc3scnc3c2)cn1. The molecular weight excluding hydrogens is 244 g/mol. The Morgan fingerprint density at radius 1 is 1.24 bits per heavy atom. The van der Waals surface area contributed by atoms with Gasteiger partial charge in [-0.1, -0.05) is 6.07 Å². The molecule has 3 aromatic rings. The zero-order chi connectivity index (χ0) is 11.8. The van der Waals surface area contributed by atoms with Gasteiger partial charge in [0.05, 0.1) is 21.9 Å². The summed E-state index contributed by atoms with van der Waals surface area (Å²) in [6.07, 6.45) is 2.76. The summed E-state index contributed by atoms with van der Waals surface area (Å²) in [5.41, 5.74) is 4.14. The molecule has 2 aromatic heterocycles. The second kappa shape index (κ2) is 3.89. The third kappa shape index (κ3) is 1.80. The number of benzene rings is 1. The molecule has 6 heteroatoms. The van der Waals surface area contributed by atoms with Crippen molar-refractivity contribution in [1.29, 1.82) is 0 Å². The lowest BCUT2D eigenvalue weighted by molar-refractivity contribution is 0.0566. The van der Waals surface area contributed by atoms with E-state index in [1.165, 1.54) is 12.4 Å². The zero-order valence-electron chi connectivity index (χ0n) is 8.55. The highest BCUT2D eigenvalue weighted by molar-refractivity contribution is 7.16. The van der Waals surface area contributed by atoms with Crippen LogP contribution in [0.25, 0.3) is 21.3 Å². The Morgan fingerprint density at radius 3 is 2.88 bits per heavy atom. The van der Waals surface area contributed by atoms with Gasteiger partial charge in [-0.15, -0.1) is 11.3 Å². The van der Waals surface area contributed by atoms with Gasteiger partial charge in [-0.2, -0.15) is 13.9 Å². The predicted octanol–water partition coefficient (Wildman–Crippen LogP) is 3.55. The maximum atomic E-state index is 12.4. The summed E-state index contributed by atoms with van der Waals surface area (Å²) >= 11 is 1.55.